The van der Waals surface area contributed by atoms with Gasteiger partial charge in [0.15, 0.2) is 5.16 Å². The zero-order valence-corrected chi connectivity index (χ0v) is 12.4. The SMILES string of the molecule is CCn1c(SCc2ccc(OC)c(C(=O)O)c2)n[nH]c1=O. The molecule has 0 unspecified atom stereocenters. The van der Waals surface area contributed by atoms with E-state index < -0.39 is 5.97 Å². The van der Waals surface area contributed by atoms with Gasteiger partial charge in [-0.05, 0) is 24.6 Å². The van der Waals surface area contributed by atoms with Crippen LogP contribution in [0.2, 0.25) is 0 Å². The van der Waals surface area contributed by atoms with E-state index in [1.54, 1.807) is 18.2 Å². The Morgan fingerprint density at radius 2 is 2.29 bits per heavy atom. The molecule has 1 aromatic heterocycles. The molecule has 0 saturated heterocycles. The van der Waals surface area contributed by atoms with Crippen molar-refractivity contribution >= 4 is 17.7 Å². The lowest BCUT2D eigenvalue weighted by Crippen LogP contribution is -2.16. The third-order valence-electron chi connectivity index (χ3n) is 2.90. The van der Waals surface area contributed by atoms with Crippen LogP contribution in [-0.2, 0) is 12.3 Å². The topological polar surface area (TPSA) is 97.2 Å². The van der Waals surface area contributed by atoms with E-state index in [9.17, 15) is 9.59 Å². The van der Waals surface area contributed by atoms with Gasteiger partial charge in [-0.15, -0.1) is 5.10 Å². The number of hydrogen-bond acceptors (Lipinski definition) is 5. The van der Waals surface area contributed by atoms with Gasteiger partial charge >= 0.3 is 11.7 Å². The smallest absolute Gasteiger partial charge is 0.343 e. The molecular formula is C13H15N3O4S. The van der Waals surface area contributed by atoms with Gasteiger partial charge in [0, 0.05) is 12.3 Å². The second-order valence-corrected chi connectivity index (χ2v) is 5.13. The van der Waals surface area contributed by atoms with Gasteiger partial charge in [0.1, 0.15) is 11.3 Å². The fourth-order valence-electron chi connectivity index (χ4n) is 1.85. The van der Waals surface area contributed by atoms with Crippen LogP contribution in [0.5, 0.6) is 5.75 Å². The highest BCUT2D eigenvalue weighted by Gasteiger charge is 2.13. The molecule has 1 aromatic carbocycles. The highest BCUT2D eigenvalue weighted by molar-refractivity contribution is 7.98. The summed E-state index contributed by atoms with van der Waals surface area (Å²) in [6, 6.07) is 4.98. The third-order valence-corrected chi connectivity index (χ3v) is 3.95. The van der Waals surface area contributed by atoms with Crippen LogP contribution >= 0.6 is 11.8 Å². The predicted octanol–water partition coefficient (Wildman–Crippen LogP) is 1.59. The van der Waals surface area contributed by atoms with Gasteiger partial charge in [0.25, 0.3) is 0 Å². The molecule has 0 aliphatic carbocycles. The summed E-state index contributed by atoms with van der Waals surface area (Å²) < 4.78 is 6.53. The van der Waals surface area contributed by atoms with Crippen LogP contribution in [0.1, 0.15) is 22.8 Å². The molecule has 0 spiro atoms. The number of aromatic amines is 1. The number of nitrogens with zero attached hydrogens (tertiary/aromatic N) is 2. The Balaban J connectivity index is 2.18. The van der Waals surface area contributed by atoms with Crippen LogP contribution in [0.4, 0.5) is 0 Å². The number of carbonyl (C=O) groups is 1. The molecule has 21 heavy (non-hydrogen) atoms. The highest BCUT2D eigenvalue weighted by atomic mass is 32.2. The summed E-state index contributed by atoms with van der Waals surface area (Å²) in [6.07, 6.45) is 0. The van der Waals surface area contributed by atoms with Gasteiger partial charge in [-0.2, -0.15) is 0 Å². The molecule has 0 radical (unpaired) electrons. The van der Waals surface area contributed by atoms with Crippen molar-refractivity contribution in [2.24, 2.45) is 0 Å². The molecule has 1 heterocycles. The van der Waals surface area contributed by atoms with Crippen molar-refractivity contribution in [3.8, 4) is 5.75 Å². The monoisotopic (exact) mass is 309 g/mol. The van der Waals surface area contributed by atoms with Crippen LogP contribution in [-0.4, -0.2) is 33.0 Å². The van der Waals surface area contributed by atoms with Crippen LogP contribution in [0.3, 0.4) is 0 Å². The van der Waals surface area contributed by atoms with Gasteiger partial charge in [-0.1, -0.05) is 17.8 Å². The van der Waals surface area contributed by atoms with E-state index in [4.69, 9.17) is 9.84 Å². The molecule has 7 nitrogen and oxygen atoms in total. The van der Waals surface area contributed by atoms with Crippen molar-refractivity contribution in [3.63, 3.8) is 0 Å². The second kappa shape index (κ2) is 6.49. The Labute approximate surface area is 124 Å². The number of aromatic nitrogens is 3. The van der Waals surface area contributed by atoms with E-state index in [1.807, 2.05) is 6.92 Å². The predicted molar refractivity (Wildman–Crippen MR) is 78.0 cm³/mol. The van der Waals surface area contributed by atoms with Gasteiger partial charge in [0.05, 0.1) is 7.11 Å². The fraction of sp³-hybridized carbons (Fsp3) is 0.308. The second-order valence-electron chi connectivity index (χ2n) is 4.18. The maximum Gasteiger partial charge on any atom is 0.343 e. The molecule has 2 rings (SSSR count). The summed E-state index contributed by atoms with van der Waals surface area (Å²) >= 11 is 1.37. The maximum atomic E-state index is 11.4. The lowest BCUT2D eigenvalue weighted by molar-refractivity contribution is 0.0693. The van der Waals surface area contributed by atoms with E-state index in [0.29, 0.717) is 23.2 Å². The first-order chi connectivity index (χ1) is 10.1. The quantitative estimate of drug-likeness (QED) is 0.787. The third kappa shape index (κ3) is 3.27. The molecule has 0 aliphatic heterocycles. The van der Waals surface area contributed by atoms with Gasteiger partial charge in [-0.3, -0.25) is 4.57 Å². The molecule has 2 N–H and O–H groups in total. The van der Waals surface area contributed by atoms with Crippen LogP contribution < -0.4 is 10.4 Å². The van der Waals surface area contributed by atoms with E-state index in [1.165, 1.54) is 23.4 Å². The molecule has 112 valence electrons. The molecule has 0 fully saturated rings. The average molecular weight is 309 g/mol. The van der Waals surface area contributed by atoms with Crippen molar-refractivity contribution < 1.29 is 14.6 Å². The normalized spacial score (nSPS) is 10.6. The van der Waals surface area contributed by atoms with Gasteiger partial charge in [-0.25, -0.2) is 14.7 Å². The molecule has 2 aromatic rings. The van der Waals surface area contributed by atoms with Gasteiger partial charge < -0.3 is 9.84 Å². The van der Waals surface area contributed by atoms with Crippen molar-refractivity contribution in [1.82, 2.24) is 14.8 Å². The average Bonchev–Trinajstić information content (AvgIpc) is 2.84. The Hall–Kier alpha value is -2.22. The minimum absolute atomic E-state index is 0.116. The molecular weight excluding hydrogens is 294 g/mol. The summed E-state index contributed by atoms with van der Waals surface area (Å²) in [6.45, 7) is 2.39. The number of hydrogen-bond donors (Lipinski definition) is 2. The first-order valence-electron chi connectivity index (χ1n) is 6.25. The standard InChI is InChI=1S/C13H15N3O4S/c1-3-16-12(19)14-15-13(16)21-7-8-4-5-10(20-2)9(6-8)11(17)18/h4-6H,3,7H2,1-2H3,(H,14,19)(H,17,18). The van der Waals surface area contributed by atoms with E-state index >= 15 is 0 Å². The highest BCUT2D eigenvalue weighted by Crippen LogP contribution is 2.24. The zero-order chi connectivity index (χ0) is 15.4. The number of carboxylic acid groups (broad SMARTS) is 1. The first kappa shape index (κ1) is 15.2. The zero-order valence-electron chi connectivity index (χ0n) is 11.6. The van der Waals surface area contributed by atoms with Crippen molar-refractivity contribution in [1.29, 1.82) is 0 Å². The number of aromatic carboxylic acids is 1. The Morgan fingerprint density at radius 3 is 2.90 bits per heavy atom. The fourth-order valence-corrected chi connectivity index (χ4v) is 2.81. The van der Waals surface area contributed by atoms with Crippen molar-refractivity contribution in [3.05, 3.63) is 39.8 Å². The van der Waals surface area contributed by atoms with Crippen molar-refractivity contribution in [2.45, 2.75) is 24.4 Å². The molecule has 0 bridgehead atoms. The summed E-state index contributed by atoms with van der Waals surface area (Å²) in [4.78, 5) is 22.6. The van der Waals surface area contributed by atoms with E-state index in [0.717, 1.165) is 5.56 Å². The summed E-state index contributed by atoms with van der Waals surface area (Å²) in [7, 11) is 1.43. The number of benzene rings is 1. The Kier molecular flexibility index (Phi) is 4.69. The number of rotatable bonds is 6. The lowest BCUT2D eigenvalue weighted by atomic mass is 10.1. The molecule has 0 amide bonds. The van der Waals surface area contributed by atoms with Crippen LogP contribution in [0.15, 0.2) is 28.2 Å². The number of thioether (sulfide) groups is 1. The summed E-state index contributed by atoms with van der Waals surface area (Å²) in [5.41, 5.74) is 0.683. The number of methoxy groups -OCH3 is 1. The molecule has 0 aliphatic rings. The molecule has 0 saturated carbocycles. The summed E-state index contributed by atoms with van der Waals surface area (Å²) in [5.74, 6) is -0.209. The van der Waals surface area contributed by atoms with Gasteiger partial charge in [0.2, 0.25) is 0 Å². The molecule has 8 heteroatoms. The number of ether oxygens (including phenoxy) is 1. The van der Waals surface area contributed by atoms with Crippen molar-refractivity contribution in [2.75, 3.05) is 7.11 Å². The van der Waals surface area contributed by atoms with E-state index in [2.05, 4.69) is 10.2 Å². The number of carboxylic acids is 1. The summed E-state index contributed by atoms with van der Waals surface area (Å²) in [5, 5.41) is 16.1. The minimum Gasteiger partial charge on any atom is -0.496 e. The van der Waals surface area contributed by atoms with Crippen LogP contribution in [0.25, 0.3) is 0 Å². The maximum absolute atomic E-state index is 11.4. The first-order valence-corrected chi connectivity index (χ1v) is 7.23. The van der Waals surface area contributed by atoms with Crippen LogP contribution in [0, 0.1) is 0 Å². The molecule has 0 atom stereocenters. The Morgan fingerprint density at radius 1 is 1.52 bits per heavy atom. The number of nitrogens with one attached hydrogen (secondary N) is 1. The minimum atomic E-state index is -1.04. The van der Waals surface area contributed by atoms with E-state index in [-0.39, 0.29) is 11.3 Å². The lowest BCUT2D eigenvalue weighted by Gasteiger charge is -2.07. The number of H-pyrrole nitrogens is 1. The Bertz CT molecular complexity index is 708. The largest absolute Gasteiger partial charge is 0.496 e.